The minimum atomic E-state index is -5.35. The maximum atomic E-state index is 14.1. The van der Waals surface area contributed by atoms with Crippen molar-refractivity contribution in [3.8, 4) is 0 Å². The molecule has 0 amide bonds. The third-order valence-corrected chi connectivity index (χ3v) is 11.3. The van der Waals surface area contributed by atoms with Crippen LogP contribution in [-0.2, 0) is 40.5 Å². The lowest BCUT2D eigenvalue weighted by atomic mass is 9.93. The molecule has 55 heavy (non-hydrogen) atoms. The number of ketones is 1. The van der Waals surface area contributed by atoms with E-state index in [1.165, 1.54) is 30.3 Å². The average Bonchev–Trinajstić information content (AvgIpc) is 3.05. The quantitative estimate of drug-likeness (QED) is 0.0567. The van der Waals surface area contributed by atoms with E-state index in [0.717, 1.165) is 24.3 Å². The Morgan fingerprint density at radius 2 is 1.38 bits per heavy atom. The fraction of sp³-hybridized carbons (Fsp3) is 0. The Balaban J connectivity index is 1.46. The molecule has 1 heterocycles. The molecule has 0 aliphatic heterocycles. The Hall–Kier alpha value is -5.64. The van der Waals surface area contributed by atoms with Gasteiger partial charge in [-0.15, -0.1) is 0 Å². The monoisotopic (exact) mass is 852 g/mol. The molecule has 1 aliphatic rings. The van der Waals surface area contributed by atoms with Gasteiger partial charge in [0.1, 0.15) is 14.7 Å². The number of hydrogen-bond donors (Lipinski definition) is 8. The number of nitrogen functional groups attached to an aromatic ring is 1. The number of benzene rings is 4. The smallest absolute Gasteiger partial charge is 0.297 e. The molecule has 1 aliphatic carbocycles. The number of nitrogens with two attached hydrogens (primary N) is 1. The predicted molar refractivity (Wildman–Crippen MR) is 197 cm³/mol. The summed E-state index contributed by atoms with van der Waals surface area (Å²) in [7, 11) is -20.1. The van der Waals surface area contributed by atoms with E-state index in [9.17, 15) is 56.7 Å². The van der Waals surface area contributed by atoms with Crippen molar-refractivity contribution in [3.05, 3.63) is 88.0 Å². The number of aromatic nitrogens is 3. The highest BCUT2D eigenvalue weighted by molar-refractivity contribution is 7.91. The number of hydrazone groups is 1. The molecule has 0 atom stereocenters. The molecule has 286 valence electrons. The zero-order valence-corrected chi connectivity index (χ0v) is 30.8. The first-order chi connectivity index (χ1) is 25.5. The highest BCUT2D eigenvalue weighted by atomic mass is 35.5. The number of carbonyl (C=O) groups is 1. The second-order valence-corrected chi connectivity index (χ2v) is 17.1. The highest BCUT2D eigenvalue weighted by Crippen LogP contribution is 2.36. The first kappa shape index (κ1) is 39.1. The molecule has 6 rings (SSSR count). The van der Waals surface area contributed by atoms with Crippen molar-refractivity contribution in [1.82, 2.24) is 15.0 Å². The van der Waals surface area contributed by atoms with Crippen molar-refractivity contribution in [2.45, 2.75) is 14.7 Å². The van der Waals surface area contributed by atoms with Crippen molar-refractivity contribution in [2.75, 3.05) is 21.8 Å². The molecule has 0 radical (unpaired) electrons. The van der Waals surface area contributed by atoms with Gasteiger partial charge in [-0.1, -0.05) is 30.3 Å². The normalized spacial score (nSPS) is 14.4. The third-order valence-electron chi connectivity index (χ3n) is 7.50. The summed E-state index contributed by atoms with van der Waals surface area (Å²) in [5, 5.41) is 8.86. The minimum absolute atomic E-state index is 0.0220. The van der Waals surface area contributed by atoms with E-state index >= 15 is 0 Å². The van der Waals surface area contributed by atoms with E-state index in [0.29, 0.717) is 17.5 Å². The summed E-state index contributed by atoms with van der Waals surface area (Å²) in [6.45, 7) is 0. The molecule has 0 fully saturated rings. The van der Waals surface area contributed by atoms with Crippen LogP contribution in [0.15, 0.2) is 91.4 Å². The molecule has 9 N–H and O–H groups in total. The molecular weight excluding hydrogens is 832 g/mol. The number of anilines is 6. The van der Waals surface area contributed by atoms with Crippen LogP contribution in [-0.4, -0.2) is 78.3 Å². The van der Waals surface area contributed by atoms with Gasteiger partial charge in [0, 0.05) is 11.1 Å². The number of allylic oxidation sites excluding steroid dienone is 1. The largest absolute Gasteiger partial charge is 0.398 e. The highest BCUT2D eigenvalue weighted by Gasteiger charge is 2.36. The van der Waals surface area contributed by atoms with E-state index in [-0.39, 0.29) is 22.7 Å². The Kier molecular flexibility index (Phi) is 9.87. The standard InChI is InChI=1S/C29H21ClN8O13S4/c30-27-34-28(32-15-6-8-21(18(31)11-15)53(43,44)45)36-29(35-27)33-20-12-16(52(40,41)42)9-14-10-22(54(46,47)48)24(25(39)23(14)20)38-37-19-7-5-13-3-1-2-4-17(13)26(19)55(49,50)51/h1-12,37H,31H2,(H,40,41,42)(H,43,44,45)(H,46,47,48)(H,49,50,51)(H2,32,33,34,35,36). The lowest BCUT2D eigenvalue weighted by Crippen LogP contribution is -2.28. The second-order valence-electron chi connectivity index (χ2n) is 11.2. The number of halogens is 1. The van der Waals surface area contributed by atoms with Crippen LogP contribution in [0, 0.1) is 0 Å². The van der Waals surface area contributed by atoms with Gasteiger partial charge in [0.2, 0.25) is 23.0 Å². The van der Waals surface area contributed by atoms with Crippen LogP contribution in [0.1, 0.15) is 15.9 Å². The van der Waals surface area contributed by atoms with Crippen molar-refractivity contribution < 1.29 is 56.7 Å². The molecule has 0 unspecified atom stereocenters. The van der Waals surface area contributed by atoms with Crippen molar-refractivity contribution in [1.29, 1.82) is 0 Å². The number of hydrogen-bond acceptors (Lipinski definition) is 17. The topological polar surface area (TPSA) is 348 Å². The minimum Gasteiger partial charge on any atom is -0.398 e. The number of nitrogens with one attached hydrogen (secondary N) is 3. The Labute approximate surface area is 315 Å². The Bertz CT molecular complexity index is 3020. The van der Waals surface area contributed by atoms with Gasteiger partial charge in [-0.2, -0.15) is 53.7 Å². The first-order valence-electron chi connectivity index (χ1n) is 14.6. The molecule has 0 spiro atoms. The molecule has 0 saturated carbocycles. The summed E-state index contributed by atoms with van der Waals surface area (Å²) in [6, 6.07) is 13.2. The number of nitrogens with zero attached hydrogens (tertiary/aromatic N) is 4. The van der Waals surface area contributed by atoms with Crippen LogP contribution < -0.4 is 21.8 Å². The molecule has 5 aromatic rings. The SMILES string of the molecule is Nc1cc(Nc2nc(Cl)nc(Nc3cc(S(=O)(=O)O)cc4c3C(=O)C(=NNc3ccc5ccccc5c3S(=O)(=O)O)C(S(=O)(=O)O)=C4)n2)ccc1S(=O)(=O)O. The van der Waals surface area contributed by atoms with E-state index in [1.807, 2.05) is 0 Å². The van der Waals surface area contributed by atoms with Gasteiger partial charge < -0.3 is 16.4 Å². The summed E-state index contributed by atoms with van der Waals surface area (Å²) in [6.07, 6.45) is 0.643. The van der Waals surface area contributed by atoms with Gasteiger partial charge in [-0.3, -0.25) is 28.4 Å². The maximum absolute atomic E-state index is 14.1. The van der Waals surface area contributed by atoms with Gasteiger partial charge in [0.25, 0.3) is 40.5 Å². The molecule has 26 heteroatoms. The predicted octanol–water partition coefficient (Wildman–Crippen LogP) is 3.38. The van der Waals surface area contributed by atoms with Gasteiger partial charge in [0.05, 0.1) is 27.5 Å². The third kappa shape index (κ3) is 8.23. The molecule has 4 aromatic carbocycles. The summed E-state index contributed by atoms with van der Waals surface area (Å²) in [4.78, 5) is 22.5. The van der Waals surface area contributed by atoms with Gasteiger partial charge >= 0.3 is 0 Å². The van der Waals surface area contributed by atoms with Gasteiger partial charge in [-0.25, -0.2) is 0 Å². The lowest BCUT2D eigenvalue weighted by molar-refractivity contribution is 0.106. The zero-order valence-electron chi connectivity index (χ0n) is 26.8. The fourth-order valence-electron chi connectivity index (χ4n) is 5.29. The molecule has 0 saturated heterocycles. The van der Waals surface area contributed by atoms with Crippen LogP contribution in [0.3, 0.4) is 0 Å². The number of fused-ring (bicyclic) bond motifs is 2. The second kappa shape index (κ2) is 13.9. The maximum Gasteiger partial charge on any atom is 0.297 e. The summed E-state index contributed by atoms with van der Waals surface area (Å²) >= 11 is 6.07. The van der Waals surface area contributed by atoms with Crippen molar-refractivity contribution in [2.24, 2.45) is 5.10 Å². The zero-order chi connectivity index (χ0) is 40.2. The van der Waals surface area contributed by atoms with Crippen LogP contribution >= 0.6 is 11.6 Å². The van der Waals surface area contributed by atoms with Crippen molar-refractivity contribution in [3.63, 3.8) is 0 Å². The molecule has 1 aromatic heterocycles. The van der Waals surface area contributed by atoms with Gasteiger partial charge in [-0.05, 0) is 65.0 Å². The summed E-state index contributed by atoms with van der Waals surface area (Å²) in [5.74, 6) is -2.15. The van der Waals surface area contributed by atoms with E-state index in [1.54, 1.807) is 6.07 Å². The molecular formula is C29H21ClN8O13S4. The molecule has 0 bridgehead atoms. The molecule has 21 nitrogen and oxygen atoms in total. The number of carbonyl (C=O) groups excluding carboxylic acids is 1. The van der Waals surface area contributed by atoms with Crippen LogP contribution in [0.4, 0.5) is 34.6 Å². The number of rotatable bonds is 10. The first-order valence-corrected chi connectivity index (χ1v) is 20.7. The van der Waals surface area contributed by atoms with Crippen molar-refractivity contribution >= 4 is 115 Å². The van der Waals surface area contributed by atoms with Crippen LogP contribution in [0.5, 0.6) is 0 Å². The van der Waals surface area contributed by atoms with E-state index in [2.05, 4.69) is 36.1 Å². The Morgan fingerprint density at radius 1 is 0.709 bits per heavy atom. The lowest BCUT2D eigenvalue weighted by Gasteiger charge is -2.21. The van der Waals surface area contributed by atoms with Crippen LogP contribution in [0.2, 0.25) is 5.28 Å². The van der Waals surface area contributed by atoms with E-state index < -0.39 is 105 Å². The number of Topliss-reactive ketones (excluding diaryl/α,β-unsaturated/α-hetero) is 1. The van der Waals surface area contributed by atoms with E-state index in [4.69, 9.17) is 17.3 Å². The Morgan fingerprint density at radius 3 is 2.00 bits per heavy atom. The summed E-state index contributed by atoms with van der Waals surface area (Å²) in [5.41, 5.74) is 4.68. The van der Waals surface area contributed by atoms with Crippen LogP contribution in [0.25, 0.3) is 16.8 Å². The fourth-order valence-corrected chi connectivity index (χ4v) is 8.11. The summed E-state index contributed by atoms with van der Waals surface area (Å²) < 4.78 is 137. The van der Waals surface area contributed by atoms with Gasteiger partial charge in [0.15, 0.2) is 5.71 Å². The average molecular weight is 853 g/mol.